The summed E-state index contributed by atoms with van der Waals surface area (Å²) in [5.74, 6) is 0.736. The Labute approximate surface area is 140 Å². The highest BCUT2D eigenvalue weighted by Crippen LogP contribution is 2.27. The van der Waals surface area contributed by atoms with Crippen molar-refractivity contribution >= 4 is 22.2 Å². The lowest BCUT2D eigenvalue weighted by atomic mass is 10.0. The van der Waals surface area contributed by atoms with Crippen molar-refractivity contribution in [3.8, 4) is 5.75 Å². The number of ether oxygens (including phenoxy) is 1. The van der Waals surface area contributed by atoms with Crippen molar-refractivity contribution in [1.29, 1.82) is 0 Å². The molecule has 0 bridgehead atoms. The molecule has 0 saturated heterocycles. The van der Waals surface area contributed by atoms with Crippen LogP contribution in [0.3, 0.4) is 0 Å². The smallest absolute Gasteiger partial charge is 0.128 e. The van der Waals surface area contributed by atoms with Gasteiger partial charge in [0, 0.05) is 11.2 Å². The van der Waals surface area contributed by atoms with Gasteiger partial charge in [0.2, 0.25) is 0 Å². The number of halogens is 1. The Hall–Kier alpha value is -1.61. The van der Waals surface area contributed by atoms with E-state index in [1.807, 2.05) is 42.5 Å². The highest BCUT2D eigenvalue weighted by Gasteiger charge is 2.13. The van der Waals surface area contributed by atoms with Gasteiger partial charge in [-0.05, 0) is 29.7 Å². The van der Waals surface area contributed by atoms with Gasteiger partial charge in [-0.15, -0.1) is 0 Å². The fourth-order valence-corrected chi connectivity index (χ4v) is 2.91. The molecule has 0 aliphatic rings. The van der Waals surface area contributed by atoms with E-state index in [0.717, 1.165) is 30.4 Å². The third-order valence-electron chi connectivity index (χ3n) is 3.64. The van der Waals surface area contributed by atoms with Gasteiger partial charge in [-0.1, -0.05) is 71.7 Å². The second kappa shape index (κ2) is 8.74. The van der Waals surface area contributed by atoms with E-state index in [2.05, 4.69) is 35.0 Å². The summed E-state index contributed by atoms with van der Waals surface area (Å²) in [6.07, 6.45) is 3.07. The molecule has 0 aromatic heterocycles. The number of aldehydes is 1. The van der Waals surface area contributed by atoms with Crippen LogP contribution in [0.5, 0.6) is 5.75 Å². The van der Waals surface area contributed by atoms with Crippen LogP contribution >= 0.6 is 15.9 Å². The van der Waals surface area contributed by atoms with E-state index in [0.29, 0.717) is 5.33 Å². The highest BCUT2D eigenvalue weighted by molar-refractivity contribution is 9.09. The molecule has 0 aliphatic heterocycles. The predicted octanol–water partition coefficient (Wildman–Crippen LogP) is 5.28. The van der Waals surface area contributed by atoms with Crippen LogP contribution in [0.4, 0.5) is 0 Å². The van der Waals surface area contributed by atoms with E-state index in [1.165, 1.54) is 5.56 Å². The summed E-state index contributed by atoms with van der Waals surface area (Å²) in [7, 11) is 0. The van der Waals surface area contributed by atoms with Crippen molar-refractivity contribution in [2.45, 2.75) is 31.8 Å². The summed E-state index contributed by atoms with van der Waals surface area (Å²) < 4.78 is 6.14. The standard InChI is InChI=1S/C19H21BrO2/c1-2-6-19(16-7-4-3-5-8-16)22-18-11-9-15(10-12-18)17(13-20)14-21/h3-5,7-12,14,17,19H,2,6,13H2,1H3. The van der Waals surface area contributed by atoms with Gasteiger partial charge in [-0.25, -0.2) is 0 Å². The summed E-state index contributed by atoms with van der Waals surface area (Å²) in [6, 6.07) is 18.1. The molecule has 0 saturated carbocycles. The number of carbonyl (C=O) groups excluding carboxylic acids is 1. The van der Waals surface area contributed by atoms with E-state index in [9.17, 15) is 4.79 Å². The van der Waals surface area contributed by atoms with Gasteiger partial charge in [0.1, 0.15) is 18.1 Å². The first-order valence-electron chi connectivity index (χ1n) is 7.61. The minimum absolute atomic E-state index is 0.0649. The zero-order valence-corrected chi connectivity index (χ0v) is 14.3. The van der Waals surface area contributed by atoms with E-state index in [-0.39, 0.29) is 12.0 Å². The van der Waals surface area contributed by atoms with Gasteiger partial charge in [0.25, 0.3) is 0 Å². The molecule has 0 N–H and O–H groups in total. The van der Waals surface area contributed by atoms with E-state index < -0.39 is 0 Å². The van der Waals surface area contributed by atoms with Crippen molar-refractivity contribution < 1.29 is 9.53 Å². The third kappa shape index (κ3) is 4.44. The monoisotopic (exact) mass is 360 g/mol. The number of hydrogen-bond acceptors (Lipinski definition) is 2. The predicted molar refractivity (Wildman–Crippen MR) is 93.8 cm³/mol. The average molecular weight is 361 g/mol. The van der Waals surface area contributed by atoms with Crippen molar-refractivity contribution in [3.63, 3.8) is 0 Å². The maximum absolute atomic E-state index is 11.0. The van der Waals surface area contributed by atoms with Crippen LogP contribution in [0, 0.1) is 0 Å². The Kier molecular flexibility index (Phi) is 6.66. The zero-order valence-electron chi connectivity index (χ0n) is 12.7. The van der Waals surface area contributed by atoms with Gasteiger partial charge in [-0.3, -0.25) is 0 Å². The van der Waals surface area contributed by atoms with E-state index in [1.54, 1.807) is 0 Å². The van der Waals surface area contributed by atoms with Crippen molar-refractivity contribution in [1.82, 2.24) is 0 Å². The normalized spacial score (nSPS) is 13.4. The Morgan fingerprint density at radius 3 is 2.27 bits per heavy atom. The molecule has 2 nitrogen and oxygen atoms in total. The van der Waals surface area contributed by atoms with Gasteiger partial charge < -0.3 is 9.53 Å². The number of hydrogen-bond donors (Lipinski definition) is 0. The fraction of sp³-hybridized carbons (Fsp3) is 0.316. The first-order chi connectivity index (χ1) is 10.8. The van der Waals surface area contributed by atoms with Crippen LogP contribution in [-0.4, -0.2) is 11.6 Å². The lowest BCUT2D eigenvalue weighted by Crippen LogP contribution is -2.07. The summed E-state index contributed by atoms with van der Waals surface area (Å²) in [5.41, 5.74) is 2.20. The van der Waals surface area contributed by atoms with Crippen LogP contribution in [0.2, 0.25) is 0 Å². The van der Waals surface area contributed by atoms with Crippen LogP contribution in [0.15, 0.2) is 54.6 Å². The number of carbonyl (C=O) groups is 1. The highest BCUT2D eigenvalue weighted by atomic mass is 79.9. The first kappa shape index (κ1) is 16.8. The van der Waals surface area contributed by atoms with Crippen LogP contribution in [0.1, 0.15) is 42.9 Å². The van der Waals surface area contributed by atoms with Crippen molar-refractivity contribution in [2.75, 3.05) is 5.33 Å². The van der Waals surface area contributed by atoms with Crippen molar-refractivity contribution in [2.24, 2.45) is 0 Å². The Balaban J connectivity index is 2.12. The minimum atomic E-state index is -0.102. The lowest BCUT2D eigenvalue weighted by Gasteiger charge is -2.19. The number of alkyl halides is 1. The second-order valence-electron chi connectivity index (χ2n) is 5.27. The molecule has 0 fully saturated rings. The molecular weight excluding hydrogens is 340 g/mol. The molecule has 22 heavy (non-hydrogen) atoms. The van der Waals surface area contributed by atoms with Gasteiger partial charge in [0.15, 0.2) is 0 Å². The van der Waals surface area contributed by atoms with Crippen LogP contribution < -0.4 is 4.74 Å². The molecule has 2 rings (SSSR count). The topological polar surface area (TPSA) is 26.3 Å². The van der Waals surface area contributed by atoms with Crippen molar-refractivity contribution in [3.05, 3.63) is 65.7 Å². The molecule has 0 aliphatic carbocycles. The summed E-state index contributed by atoms with van der Waals surface area (Å²) in [4.78, 5) is 11.0. The largest absolute Gasteiger partial charge is 0.486 e. The molecule has 0 spiro atoms. The molecule has 116 valence electrons. The lowest BCUT2D eigenvalue weighted by molar-refractivity contribution is -0.108. The Morgan fingerprint density at radius 1 is 1.05 bits per heavy atom. The van der Waals surface area contributed by atoms with Gasteiger partial charge in [-0.2, -0.15) is 0 Å². The first-order valence-corrected chi connectivity index (χ1v) is 8.73. The van der Waals surface area contributed by atoms with Crippen LogP contribution in [-0.2, 0) is 4.79 Å². The second-order valence-corrected chi connectivity index (χ2v) is 5.92. The number of rotatable bonds is 8. The maximum Gasteiger partial charge on any atom is 0.128 e. The molecule has 0 heterocycles. The zero-order chi connectivity index (χ0) is 15.8. The summed E-state index contributed by atoms with van der Waals surface area (Å²) in [5, 5.41) is 0.638. The molecule has 2 aromatic rings. The molecule has 2 aromatic carbocycles. The molecule has 2 unspecified atom stereocenters. The quantitative estimate of drug-likeness (QED) is 0.472. The van der Waals surface area contributed by atoms with Gasteiger partial charge >= 0.3 is 0 Å². The minimum Gasteiger partial charge on any atom is -0.486 e. The fourth-order valence-electron chi connectivity index (χ4n) is 2.39. The Morgan fingerprint density at radius 2 is 1.73 bits per heavy atom. The summed E-state index contributed by atoms with van der Waals surface area (Å²) >= 11 is 3.36. The maximum atomic E-state index is 11.0. The third-order valence-corrected chi connectivity index (χ3v) is 4.34. The van der Waals surface area contributed by atoms with Gasteiger partial charge in [0.05, 0.1) is 0 Å². The summed E-state index contributed by atoms with van der Waals surface area (Å²) in [6.45, 7) is 2.16. The van der Waals surface area contributed by atoms with E-state index >= 15 is 0 Å². The average Bonchev–Trinajstić information content (AvgIpc) is 2.58. The molecule has 3 heteroatoms. The molecule has 0 radical (unpaired) electrons. The van der Waals surface area contributed by atoms with Crippen LogP contribution in [0.25, 0.3) is 0 Å². The SMILES string of the molecule is CCCC(Oc1ccc(C(C=O)CBr)cc1)c1ccccc1. The number of benzene rings is 2. The molecular formula is C19H21BrO2. The Bertz CT molecular complexity index is 566. The molecule has 0 amide bonds. The van der Waals surface area contributed by atoms with E-state index in [4.69, 9.17) is 4.74 Å². The molecule has 2 atom stereocenters.